The Hall–Kier alpha value is -3.11. The van der Waals surface area contributed by atoms with Crippen LogP contribution < -0.4 is 4.90 Å². The van der Waals surface area contributed by atoms with Crippen molar-refractivity contribution < 1.29 is 4.79 Å². The minimum absolute atomic E-state index is 0.0439. The van der Waals surface area contributed by atoms with Crippen LogP contribution >= 0.6 is 0 Å². The van der Waals surface area contributed by atoms with E-state index < -0.39 is 0 Å². The van der Waals surface area contributed by atoms with Crippen LogP contribution in [0.5, 0.6) is 0 Å². The summed E-state index contributed by atoms with van der Waals surface area (Å²) in [5.41, 5.74) is 4.81. The van der Waals surface area contributed by atoms with Crippen LogP contribution in [0.2, 0.25) is 0 Å². The zero-order chi connectivity index (χ0) is 20.9. The second-order valence-electron chi connectivity index (χ2n) is 8.07. The predicted molar refractivity (Wildman–Crippen MR) is 122 cm³/mol. The first-order valence-electron chi connectivity index (χ1n) is 10.5. The molecule has 0 aliphatic carbocycles. The van der Waals surface area contributed by atoms with Gasteiger partial charge in [0, 0.05) is 32.9 Å². The van der Waals surface area contributed by atoms with Gasteiger partial charge in [-0.05, 0) is 35.2 Å². The van der Waals surface area contributed by atoms with Gasteiger partial charge in [0.05, 0.1) is 6.54 Å². The number of hydrogen-bond acceptors (Lipinski definition) is 3. The molecule has 1 saturated heterocycles. The molecule has 4 nitrogen and oxygen atoms in total. The van der Waals surface area contributed by atoms with Crippen molar-refractivity contribution in [2.45, 2.75) is 19.1 Å². The van der Waals surface area contributed by atoms with E-state index in [-0.39, 0.29) is 12.1 Å². The number of anilines is 1. The monoisotopic (exact) mass is 399 g/mol. The van der Waals surface area contributed by atoms with Gasteiger partial charge in [0.2, 0.25) is 5.91 Å². The molecule has 1 amide bonds. The van der Waals surface area contributed by atoms with Crippen molar-refractivity contribution in [1.29, 1.82) is 0 Å². The Kier molecular flexibility index (Phi) is 6.15. The topological polar surface area (TPSA) is 26.8 Å². The highest BCUT2D eigenvalue weighted by molar-refractivity contribution is 5.81. The van der Waals surface area contributed by atoms with Crippen molar-refractivity contribution in [3.8, 4) is 0 Å². The van der Waals surface area contributed by atoms with E-state index in [1.165, 1.54) is 11.1 Å². The standard InChI is InChI=1S/C26H29N3O/c1-27(2)24-15-13-23(14-16-24)26-28(19-22-11-7-4-8-12-22)20-25(30)29(26)18-17-21-9-5-3-6-10-21/h3-16,26H,17-20H2,1-2H3. The fourth-order valence-corrected chi connectivity index (χ4v) is 4.12. The van der Waals surface area contributed by atoms with Crippen molar-refractivity contribution in [1.82, 2.24) is 9.80 Å². The van der Waals surface area contributed by atoms with Crippen molar-refractivity contribution >= 4 is 11.6 Å². The summed E-state index contributed by atoms with van der Waals surface area (Å²) in [6.45, 7) is 1.92. The molecule has 3 aromatic rings. The molecule has 30 heavy (non-hydrogen) atoms. The number of carbonyl (C=O) groups excluding carboxylic acids is 1. The number of amides is 1. The van der Waals surface area contributed by atoms with Crippen LogP contribution in [0.25, 0.3) is 0 Å². The van der Waals surface area contributed by atoms with E-state index in [9.17, 15) is 4.79 Å². The quantitative estimate of drug-likeness (QED) is 0.591. The average Bonchev–Trinajstić information content (AvgIpc) is 3.08. The molecular formula is C26H29N3O. The van der Waals surface area contributed by atoms with Crippen LogP contribution in [0.3, 0.4) is 0 Å². The van der Waals surface area contributed by atoms with E-state index >= 15 is 0 Å². The largest absolute Gasteiger partial charge is 0.378 e. The SMILES string of the molecule is CN(C)c1ccc(C2N(Cc3ccccc3)CC(=O)N2CCc2ccccc2)cc1. The Morgan fingerprint density at radius 1 is 0.833 bits per heavy atom. The number of nitrogens with zero attached hydrogens (tertiary/aromatic N) is 3. The molecule has 4 rings (SSSR count). The first-order chi connectivity index (χ1) is 14.6. The highest BCUT2D eigenvalue weighted by Crippen LogP contribution is 2.33. The first-order valence-corrected chi connectivity index (χ1v) is 10.5. The molecule has 3 aromatic carbocycles. The number of benzene rings is 3. The Morgan fingerprint density at radius 3 is 2.03 bits per heavy atom. The second kappa shape index (κ2) is 9.14. The predicted octanol–water partition coefficient (Wildman–Crippen LogP) is 4.34. The van der Waals surface area contributed by atoms with Gasteiger partial charge >= 0.3 is 0 Å². The molecule has 154 valence electrons. The molecule has 0 bridgehead atoms. The molecule has 1 heterocycles. The third-order valence-corrected chi connectivity index (χ3v) is 5.72. The molecule has 0 N–H and O–H groups in total. The van der Waals surface area contributed by atoms with Crippen molar-refractivity contribution in [2.24, 2.45) is 0 Å². The van der Waals surface area contributed by atoms with E-state index in [2.05, 4.69) is 82.6 Å². The van der Waals surface area contributed by atoms with Gasteiger partial charge in [-0.3, -0.25) is 9.69 Å². The fraction of sp³-hybridized carbons (Fsp3) is 0.269. The molecule has 1 aliphatic heterocycles. The molecular weight excluding hydrogens is 370 g/mol. The van der Waals surface area contributed by atoms with Crippen molar-refractivity contribution in [3.05, 3.63) is 102 Å². The van der Waals surface area contributed by atoms with Crippen LogP contribution in [-0.4, -0.2) is 42.9 Å². The lowest BCUT2D eigenvalue weighted by Crippen LogP contribution is -2.33. The summed E-state index contributed by atoms with van der Waals surface area (Å²) >= 11 is 0. The van der Waals surface area contributed by atoms with E-state index in [0.29, 0.717) is 13.1 Å². The third kappa shape index (κ3) is 4.55. The van der Waals surface area contributed by atoms with Gasteiger partial charge in [0.15, 0.2) is 0 Å². The van der Waals surface area contributed by atoms with Gasteiger partial charge in [0.25, 0.3) is 0 Å². The highest BCUT2D eigenvalue weighted by atomic mass is 16.2. The summed E-state index contributed by atoms with van der Waals surface area (Å²) < 4.78 is 0. The van der Waals surface area contributed by atoms with Gasteiger partial charge < -0.3 is 9.80 Å². The average molecular weight is 400 g/mol. The van der Waals surface area contributed by atoms with Crippen molar-refractivity contribution in [2.75, 3.05) is 32.1 Å². The van der Waals surface area contributed by atoms with E-state index in [4.69, 9.17) is 0 Å². The van der Waals surface area contributed by atoms with Crippen LogP contribution in [-0.2, 0) is 17.8 Å². The maximum absolute atomic E-state index is 13.0. The zero-order valence-corrected chi connectivity index (χ0v) is 17.7. The Bertz CT molecular complexity index is 955. The lowest BCUT2D eigenvalue weighted by Gasteiger charge is -2.31. The van der Waals surface area contributed by atoms with Gasteiger partial charge in [-0.2, -0.15) is 0 Å². The maximum atomic E-state index is 13.0. The summed E-state index contributed by atoms with van der Waals surface area (Å²) in [6, 6.07) is 29.4. The number of hydrogen-bond donors (Lipinski definition) is 0. The van der Waals surface area contributed by atoms with E-state index in [0.717, 1.165) is 24.2 Å². The number of rotatable bonds is 7. The Labute approximate surface area is 179 Å². The Balaban J connectivity index is 1.60. The van der Waals surface area contributed by atoms with Gasteiger partial charge in [-0.25, -0.2) is 0 Å². The molecule has 0 radical (unpaired) electrons. The molecule has 4 heteroatoms. The summed E-state index contributed by atoms with van der Waals surface area (Å²) in [6.07, 6.45) is 0.815. The fourth-order valence-electron chi connectivity index (χ4n) is 4.12. The first kappa shape index (κ1) is 20.2. The smallest absolute Gasteiger partial charge is 0.238 e. The summed E-state index contributed by atoms with van der Waals surface area (Å²) in [5, 5.41) is 0. The highest BCUT2D eigenvalue weighted by Gasteiger charge is 2.38. The molecule has 1 aliphatic rings. The molecule has 0 spiro atoms. The van der Waals surface area contributed by atoms with E-state index in [1.807, 2.05) is 31.1 Å². The van der Waals surface area contributed by atoms with Crippen LogP contribution in [0, 0.1) is 0 Å². The van der Waals surface area contributed by atoms with E-state index in [1.54, 1.807) is 0 Å². The molecule has 1 unspecified atom stereocenters. The zero-order valence-electron chi connectivity index (χ0n) is 17.7. The molecule has 0 aromatic heterocycles. The minimum Gasteiger partial charge on any atom is -0.378 e. The Morgan fingerprint density at radius 2 is 1.43 bits per heavy atom. The maximum Gasteiger partial charge on any atom is 0.238 e. The van der Waals surface area contributed by atoms with Gasteiger partial charge in [0.1, 0.15) is 6.17 Å². The summed E-state index contributed by atoms with van der Waals surface area (Å²) in [4.78, 5) is 19.5. The van der Waals surface area contributed by atoms with Crippen LogP contribution in [0.15, 0.2) is 84.9 Å². The van der Waals surface area contributed by atoms with Crippen LogP contribution in [0.4, 0.5) is 5.69 Å². The van der Waals surface area contributed by atoms with Gasteiger partial charge in [-0.1, -0.05) is 72.8 Å². The summed E-state index contributed by atoms with van der Waals surface area (Å²) in [7, 11) is 4.09. The summed E-state index contributed by atoms with van der Waals surface area (Å²) in [5.74, 6) is 0.198. The third-order valence-electron chi connectivity index (χ3n) is 5.72. The minimum atomic E-state index is -0.0439. The normalized spacial score (nSPS) is 16.8. The van der Waals surface area contributed by atoms with Gasteiger partial charge in [-0.15, -0.1) is 0 Å². The number of carbonyl (C=O) groups is 1. The lowest BCUT2D eigenvalue weighted by atomic mass is 10.1. The van der Waals surface area contributed by atoms with Crippen molar-refractivity contribution in [3.63, 3.8) is 0 Å². The molecule has 1 fully saturated rings. The lowest BCUT2D eigenvalue weighted by molar-refractivity contribution is -0.128. The molecule has 0 saturated carbocycles. The van der Waals surface area contributed by atoms with Crippen LogP contribution in [0.1, 0.15) is 22.9 Å². The molecule has 1 atom stereocenters. The second-order valence-corrected chi connectivity index (χ2v) is 8.07.